The summed E-state index contributed by atoms with van der Waals surface area (Å²) in [6.45, 7) is 4.52. The number of hydrogen-bond acceptors (Lipinski definition) is 6. The van der Waals surface area contributed by atoms with Crippen molar-refractivity contribution in [2.75, 3.05) is 34.5 Å². The summed E-state index contributed by atoms with van der Waals surface area (Å²) in [5, 5.41) is 3.27. The Morgan fingerprint density at radius 1 is 1.06 bits per heavy atom. The van der Waals surface area contributed by atoms with E-state index in [-0.39, 0.29) is 25.0 Å². The van der Waals surface area contributed by atoms with E-state index in [0.29, 0.717) is 46.6 Å². The van der Waals surface area contributed by atoms with E-state index in [9.17, 15) is 9.59 Å². The molecule has 188 valence electrons. The minimum absolute atomic E-state index is 0.110. The molecule has 0 aliphatic carbocycles. The highest BCUT2D eigenvalue weighted by Crippen LogP contribution is 2.31. The van der Waals surface area contributed by atoms with Gasteiger partial charge in [0.25, 0.3) is 5.91 Å². The van der Waals surface area contributed by atoms with E-state index in [0.717, 1.165) is 18.4 Å². The van der Waals surface area contributed by atoms with E-state index in [1.54, 1.807) is 42.3 Å². The second-order valence-electron chi connectivity index (χ2n) is 8.13. The second-order valence-corrected chi connectivity index (χ2v) is 8.66. The summed E-state index contributed by atoms with van der Waals surface area (Å²) in [7, 11) is 4.58. The summed E-state index contributed by atoms with van der Waals surface area (Å²) in [5.41, 5.74) is 1.13. The number of methoxy groups -OCH3 is 3. The fourth-order valence-electron chi connectivity index (χ4n) is 3.93. The molecule has 0 aromatic heterocycles. The highest BCUT2D eigenvalue weighted by atomic mass is 35.5. The molecular formula is C26H31ClN2O6. The zero-order chi connectivity index (χ0) is 25.4. The maximum atomic E-state index is 13.8. The van der Waals surface area contributed by atoms with Crippen molar-refractivity contribution < 1.29 is 28.5 Å². The average molecular weight is 503 g/mol. The van der Waals surface area contributed by atoms with Crippen LogP contribution in [-0.2, 0) is 11.3 Å². The van der Waals surface area contributed by atoms with Crippen LogP contribution in [-0.4, -0.2) is 57.2 Å². The Bertz CT molecular complexity index is 1050. The van der Waals surface area contributed by atoms with Crippen molar-refractivity contribution in [1.29, 1.82) is 0 Å². The lowest BCUT2D eigenvalue weighted by molar-refractivity contribution is -0.125. The SMILES string of the molecule is C=C(Cl)COc1cc(CN(C(=O)c2cc(OC)cc(OC)c2)[C@H]2CCCCNC2=O)ccc1OC. The molecule has 1 N–H and O–H groups in total. The number of benzene rings is 2. The van der Waals surface area contributed by atoms with Gasteiger partial charge in [-0.25, -0.2) is 0 Å². The molecule has 0 radical (unpaired) electrons. The molecule has 1 fully saturated rings. The highest BCUT2D eigenvalue weighted by Gasteiger charge is 2.32. The molecule has 9 heteroatoms. The van der Waals surface area contributed by atoms with Gasteiger partial charge in [-0.3, -0.25) is 9.59 Å². The van der Waals surface area contributed by atoms with Gasteiger partial charge in [-0.15, -0.1) is 0 Å². The Kier molecular flexibility index (Phi) is 9.25. The van der Waals surface area contributed by atoms with Gasteiger partial charge >= 0.3 is 0 Å². The normalized spacial score (nSPS) is 15.4. The molecule has 2 amide bonds. The van der Waals surface area contributed by atoms with Crippen molar-refractivity contribution >= 4 is 23.4 Å². The molecule has 0 bridgehead atoms. The lowest BCUT2D eigenvalue weighted by Gasteiger charge is -2.30. The number of nitrogens with one attached hydrogen (secondary N) is 1. The van der Waals surface area contributed by atoms with E-state index in [2.05, 4.69) is 11.9 Å². The topological polar surface area (TPSA) is 86.3 Å². The maximum Gasteiger partial charge on any atom is 0.255 e. The summed E-state index contributed by atoms with van der Waals surface area (Å²) in [4.78, 5) is 28.3. The summed E-state index contributed by atoms with van der Waals surface area (Å²) >= 11 is 5.86. The molecular weight excluding hydrogens is 472 g/mol. The zero-order valence-electron chi connectivity index (χ0n) is 20.3. The Morgan fingerprint density at radius 2 is 1.77 bits per heavy atom. The predicted octanol–water partition coefficient (Wildman–Crippen LogP) is 4.15. The Hall–Kier alpha value is -3.39. The first-order chi connectivity index (χ1) is 16.9. The van der Waals surface area contributed by atoms with Gasteiger partial charge in [0, 0.05) is 29.8 Å². The van der Waals surface area contributed by atoms with Crippen LogP contribution in [0.5, 0.6) is 23.0 Å². The first kappa shape index (κ1) is 26.2. The molecule has 0 unspecified atom stereocenters. The predicted molar refractivity (Wildman–Crippen MR) is 134 cm³/mol. The molecule has 2 aromatic rings. The fraction of sp³-hybridized carbons (Fsp3) is 0.385. The number of amides is 2. The van der Waals surface area contributed by atoms with E-state index < -0.39 is 6.04 Å². The van der Waals surface area contributed by atoms with Gasteiger partial charge in [-0.1, -0.05) is 24.2 Å². The molecule has 35 heavy (non-hydrogen) atoms. The van der Waals surface area contributed by atoms with Crippen molar-refractivity contribution in [2.45, 2.75) is 31.8 Å². The largest absolute Gasteiger partial charge is 0.497 e. The number of halogens is 1. The quantitative estimate of drug-likeness (QED) is 0.525. The Labute approximate surface area is 210 Å². The van der Waals surface area contributed by atoms with E-state index >= 15 is 0 Å². The molecule has 1 atom stereocenters. The monoisotopic (exact) mass is 502 g/mol. The van der Waals surface area contributed by atoms with Gasteiger partial charge < -0.3 is 29.2 Å². The summed E-state index contributed by atoms with van der Waals surface area (Å²) in [5.74, 6) is 1.48. The first-order valence-corrected chi connectivity index (χ1v) is 11.7. The number of ether oxygens (including phenoxy) is 4. The maximum absolute atomic E-state index is 13.8. The third-order valence-electron chi connectivity index (χ3n) is 5.71. The molecule has 1 aliphatic heterocycles. The van der Waals surface area contributed by atoms with Crippen LogP contribution in [0.4, 0.5) is 0 Å². The molecule has 0 spiro atoms. The van der Waals surface area contributed by atoms with Gasteiger partial charge in [0.2, 0.25) is 5.91 Å². The van der Waals surface area contributed by atoms with Crippen LogP contribution in [0.2, 0.25) is 0 Å². The molecule has 1 aliphatic rings. The van der Waals surface area contributed by atoms with E-state index in [1.165, 1.54) is 14.2 Å². The lowest BCUT2D eigenvalue weighted by atomic mass is 10.0. The molecule has 1 heterocycles. The number of carbonyl (C=O) groups is 2. The summed E-state index contributed by atoms with van der Waals surface area (Å²) in [6, 6.07) is 9.71. The van der Waals surface area contributed by atoms with Crippen molar-refractivity contribution in [3.8, 4) is 23.0 Å². The number of hydrogen-bond donors (Lipinski definition) is 1. The third-order valence-corrected chi connectivity index (χ3v) is 5.82. The molecule has 2 aromatic carbocycles. The number of rotatable bonds is 10. The Morgan fingerprint density at radius 3 is 2.40 bits per heavy atom. The van der Waals surface area contributed by atoms with Crippen molar-refractivity contribution in [3.05, 3.63) is 59.1 Å². The standard InChI is InChI=1S/C26H31ClN2O6/c1-17(27)16-35-24-11-18(8-9-23(24)34-4)15-29(22-7-5-6-10-28-25(22)30)26(31)19-12-20(32-2)14-21(13-19)33-3/h8-9,11-14,22H,1,5-7,10,15-16H2,2-4H3,(H,28,30)/t22-/m0/s1. The van der Waals surface area contributed by atoms with Crippen LogP contribution >= 0.6 is 11.6 Å². The lowest BCUT2D eigenvalue weighted by Crippen LogP contribution is -2.48. The van der Waals surface area contributed by atoms with Crippen LogP contribution in [0.1, 0.15) is 35.2 Å². The number of carbonyl (C=O) groups excluding carboxylic acids is 2. The number of nitrogens with zero attached hydrogens (tertiary/aromatic N) is 1. The van der Waals surface area contributed by atoms with Crippen molar-refractivity contribution in [1.82, 2.24) is 10.2 Å². The summed E-state index contributed by atoms with van der Waals surface area (Å²) in [6.07, 6.45) is 2.24. The minimum atomic E-state index is -0.628. The van der Waals surface area contributed by atoms with Crippen LogP contribution in [0.25, 0.3) is 0 Å². The zero-order valence-corrected chi connectivity index (χ0v) is 21.0. The second kappa shape index (κ2) is 12.4. The van der Waals surface area contributed by atoms with Gasteiger partial charge in [0.15, 0.2) is 11.5 Å². The van der Waals surface area contributed by atoms with Gasteiger partial charge in [-0.05, 0) is 49.1 Å². The van der Waals surface area contributed by atoms with Crippen molar-refractivity contribution in [2.24, 2.45) is 0 Å². The first-order valence-electron chi connectivity index (χ1n) is 11.3. The smallest absolute Gasteiger partial charge is 0.255 e. The fourth-order valence-corrected chi connectivity index (χ4v) is 3.98. The van der Waals surface area contributed by atoms with Crippen molar-refractivity contribution in [3.63, 3.8) is 0 Å². The van der Waals surface area contributed by atoms with Gasteiger partial charge in [0.05, 0.1) is 21.3 Å². The van der Waals surface area contributed by atoms with Gasteiger partial charge in [-0.2, -0.15) is 0 Å². The minimum Gasteiger partial charge on any atom is -0.497 e. The molecule has 8 nitrogen and oxygen atoms in total. The van der Waals surface area contributed by atoms with E-state index in [4.69, 9.17) is 30.5 Å². The summed E-state index contributed by atoms with van der Waals surface area (Å²) < 4.78 is 21.8. The van der Waals surface area contributed by atoms with Crippen LogP contribution < -0.4 is 24.3 Å². The highest BCUT2D eigenvalue weighted by molar-refractivity contribution is 6.29. The van der Waals surface area contributed by atoms with Gasteiger partial charge in [0.1, 0.15) is 24.1 Å². The van der Waals surface area contributed by atoms with E-state index in [1.807, 2.05) is 6.07 Å². The van der Waals surface area contributed by atoms with Crippen LogP contribution in [0.15, 0.2) is 48.0 Å². The Balaban J connectivity index is 2.00. The van der Waals surface area contributed by atoms with Crippen LogP contribution in [0.3, 0.4) is 0 Å². The molecule has 0 saturated carbocycles. The average Bonchev–Trinajstić information content (AvgIpc) is 3.09. The van der Waals surface area contributed by atoms with Crippen LogP contribution in [0, 0.1) is 0 Å². The third kappa shape index (κ3) is 6.82. The molecule has 3 rings (SSSR count). The molecule has 1 saturated heterocycles.